The fourth-order valence-electron chi connectivity index (χ4n) is 2.83. The Labute approximate surface area is 158 Å². The van der Waals surface area contributed by atoms with Gasteiger partial charge in [-0.2, -0.15) is 4.31 Å². The Morgan fingerprint density at radius 3 is 2.46 bits per heavy atom. The highest BCUT2D eigenvalue weighted by Crippen LogP contribution is 2.20. The third kappa shape index (κ3) is 4.25. The zero-order valence-electron chi connectivity index (χ0n) is 15.4. The van der Waals surface area contributed by atoms with Crippen LogP contribution in [0.1, 0.15) is 19.5 Å². The van der Waals surface area contributed by atoms with Crippen LogP contribution in [0.5, 0.6) is 0 Å². The van der Waals surface area contributed by atoms with Crippen LogP contribution in [0.15, 0.2) is 39.5 Å². The number of rotatable bonds is 5. The molecule has 6 nitrogen and oxygen atoms in total. The Bertz CT molecular complexity index is 906. The van der Waals surface area contributed by atoms with E-state index in [1.165, 1.54) is 10.00 Å². The minimum Gasteiger partial charge on any atom is -0.379 e. The van der Waals surface area contributed by atoms with E-state index in [4.69, 9.17) is 9.73 Å². The molecule has 0 atom stereocenters. The Kier molecular flexibility index (Phi) is 5.96. The van der Waals surface area contributed by atoms with Crippen LogP contribution < -0.4 is 4.80 Å². The van der Waals surface area contributed by atoms with Crippen molar-refractivity contribution in [3.63, 3.8) is 0 Å². The van der Waals surface area contributed by atoms with Gasteiger partial charge in [0.25, 0.3) is 0 Å². The first-order valence-electron chi connectivity index (χ1n) is 8.75. The van der Waals surface area contributed by atoms with Crippen molar-refractivity contribution in [3.05, 3.63) is 40.1 Å². The Morgan fingerprint density at radius 1 is 1.19 bits per heavy atom. The van der Waals surface area contributed by atoms with Gasteiger partial charge in [-0.25, -0.2) is 13.4 Å². The highest BCUT2D eigenvalue weighted by Gasteiger charge is 2.26. The summed E-state index contributed by atoms with van der Waals surface area (Å²) in [5.74, 6) is 0.531. The summed E-state index contributed by atoms with van der Waals surface area (Å²) < 4.78 is 34.3. The molecule has 0 N–H and O–H groups in total. The molecule has 1 aliphatic heterocycles. The minimum absolute atomic E-state index is 0.302. The van der Waals surface area contributed by atoms with Crippen LogP contribution >= 0.6 is 11.3 Å². The maximum Gasteiger partial charge on any atom is 0.243 e. The molecule has 142 valence electrons. The van der Waals surface area contributed by atoms with Crippen molar-refractivity contribution in [2.75, 3.05) is 26.3 Å². The lowest BCUT2D eigenvalue weighted by Crippen LogP contribution is -2.40. The smallest absolute Gasteiger partial charge is 0.243 e. The van der Waals surface area contributed by atoms with E-state index >= 15 is 0 Å². The first-order chi connectivity index (χ1) is 12.4. The van der Waals surface area contributed by atoms with Crippen LogP contribution in [-0.2, 0) is 21.3 Å². The average molecular weight is 396 g/mol. The molecule has 0 spiro atoms. The van der Waals surface area contributed by atoms with Gasteiger partial charge in [-0.15, -0.1) is 11.3 Å². The molecule has 1 aliphatic rings. The van der Waals surface area contributed by atoms with E-state index in [9.17, 15) is 8.42 Å². The number of nitrogens with zero attached hydrogens (tertiary/aromatic N) is 3. The molecule has 0 aliphatic carbocycles. The van der Waals surface area contributed by atoms with E-state index in [-0.39, 0.29) is 0 Å². The van der Waals surface area contributed by atoms with Crippen LogP contribution in [-0.4, -0.2) is 43.6 Å². The van der Waals surface area contributed by atoms with Crippen LogP contribution in [0.2, 0.25) is 0 Å². The molecule has 3 rings (SSSR count). The highest BCUT2D eigenvalue weighted by molar-refractivity contribution is 7.89. The molecule has 0 bridgehead atoms. The van der Waals surface area contributed by atoms with Gasteiger partial charge < -0.3 is 9.30 Å². The predicted octanol–water partition coefficient (Wildman–Crippen LogP) is 2.77. The second kappa shape index (κ2) is 8.04. The Morgan fingerprint density at radius 2 is 1.85 bits per heavy atom. The summed E-state index contributed by atoms with van der Waals surface area (Å²) in [6, 6.07) is 6.80. The monoisotopic (exact) mass is 395 g/mol. The molecule has 0 unspecified atom stereocenters. The van der Waals surface area contributed by atoms with Gasteiger partial charge in [0.15, 0.2) is 4.80 Å². The van der Waals surface area contributed by atoms with Crippen LogP contribution in [0, 0.1) is 12.8 Å². The predicted molar refractivity (Wildman–Crippen MR) is 103 cm³/mol. The maximum absolute atomic E-state index is 12.7. The van der Waals surface area contributed by atoms with Gasteiger partial charge in [0.05, 0.1) is 23.8 Å². The fourth-order valence-corrected chi connectivity index (χ4v) is 5.14. The number of hydrogen-bond acceptors (Lipinski definition) is 5. The van der Waals surface area contributed by atoms with Crippen molar-refractivity contribution >= 4 is 27.0 Å². The summed E-state index contributed by atoms with van der Waals surface area (Å²) in [6.45, 7) is 9.04. The van der Waals surface area contributed by atoms with Gasteiger partial charge in [0.2, 0.25) is 10.0 Å². The minimum atomic E-state index is -3.46. The first-order valence-corrected chi connectivity index (χ1v) is 11.1. The molecule has 8 heteroatoms. The molecule has 26 heavy (non-hydrogen) atoms. The van der Waals surface area contributed by atoms with Crippen molar-refractivity contribution in [1.82, 2.24) is 8.87 Å². The van der Waals surface area contributed by atoms with Gasteiger partial charge in [-0.05, 0) is 37.1 Å². The molecule has 1 saturated heterocycles. The number of morpholine rings is 1. The number of aryl methyl sites for hydroxylation is 1. The molecule has 1 fully saturated rings. The van der Waals surface area contributed by atoms with E-state index in [1.807, 2.05) is 0 Å². The van der Waals surface area contributed by atoms with E-state index < -0.39 is 10.0 Å². The van der Waals surface area contributed by atoms with E-state index in [2.05, 4.69) is 30.7 Å². The fraction of sp³-hybridized carbons (Fsp3) is 0.500. The Balaban J connectivity index is 1.87. The first kappa shape index (κ1) is 19.3. The van der Waals surface area contributed by atoms with Crippen molar-refractivity contribution in [3.8, 4) is 0 Å². The molecule has 1 aromatic heterocycles. The second-order valence-electron chi connectivity index (χ2n) is 6.79. The van der Waals surface area contributed by atoms with Crippen molar-refractivity contribution in [2.24, 2.45) is 10.9 Å². The average Bonchev–Trinajstić information content (AvgIpc) is 2.96. The maximum atomic E-state index is 12.7. The number of benzene rings is 1. The molecule has 2 aromatic rings. The normalized spacial score (nSPS) is 17.2. The Hall–Kier alpha value is -1.48. The third-order valence-electron chi connectivity index (χ3n) is 4.21. The van der Waals surface area contributed by atoms with Crippen molar-refractivity contribution in [1.29, 1.82) is 0 Å². The van der Waals surface area contributed by atoms with Crippen LogP contribution in [0.4, 0.5) is 5.69 Å². The molecular formula is C18H25N3O3S2. The zero-order chi connectivity index (χ0) is 18.7. The number of hydrogen-bond donors (Lipinski definition) is 0. The number of ether oxygens (including phenoxy) is 1. The summed E-state index contributed by atoms with van der Waals surface area (Å²) in [4.78, 5) is 5.94. The summed E-state index contributed by atoms with van der Waals surface area (Å²) in [5.41, 5.74) is 1.94. The summed E-state index contributed by atoms with van der Waals surface area (Å²) in [5, 5.41) is 2.10. The lowest BCUT2D eigenvalue weighted by atomic mass is 10.2. The molecular weight excluding hydrogens is 370 g/mol. The van der Waals surface area contributed by atoms with E-state index in [1.54, 1.807) is 35.6 Å². The van der Waals surface area contributed by atoms with Crippen molar-refractivity contribution in [2.45, 2.75) is 32.2 Å². The number of aromatic nitrogens is 1. The van der Waals surface area contributed by atoms with Gasteiger partial charge in [0, 0.05) is 30.7 Å². The third-order valence-corrected chi connectivity index (χ3v) is 7.10. The molecule has 0 saturated carbocycles. The van der Waals surface area contributed by atoms with E-state index in [0.29, 0.717) is 37.1 Å². The topological polar surface area (TPSA) is 63.9 Å². The molecule has 2 heterocycles. The van der Waals surface area contributed by atoms with Crippen LogP contribution in [0.3, 0.4) is 0 Å². The summed E-state index contributed by atoms with van der Waals surface area (Å²) in [7, 11) is -3.46. The zero-order valence-corrected chi connectivity index (χ0v) is 17.0. The number of sulfonamides is 1. The standard InChI is InChI=1S/C18H25N3O3S2/c1-14(2)12-21-15(3)13-25-18(21)19-16-4-6-17(7-5-16)26(22,23)20-8-10-24-11-9-20/h4-7,13-14H,8-12H2,1-3H3. The van der Waals surface area contributed by atoms with Gasteiger partial charge in [0.1, 0.15) is 0 Å². The van der Waals surface area contributed by atoms with Crippen LogP contribution in [0.25, 0.3) is 0 Å². The van der Waals surface area contributed by atoms with Gasteiger partial charge >= 0.3 is 0 Å². The molecule has 0 amide bonds. The van der Waals surface area contributed by atoms with Gasteiger partial charge in [-0.3, -0.25) is 0 Å². The molecule has 0 radical (unpaired) electrons. The lowest BCUT2D eigenvalue weighted by molar-refractivity contribution is 0.0730. The van der Waals surface area contributed by atoms with E-state index in [0.717, 1.165) is 17.0 Å². The van der Waals surface area contributed by atoms with Gasteiger partial charge in [-0.1, -0.05) is 13.8 Å². The highest BCUT2D eigenvalue weighted by atomic mass is 32.2. The summed E-state index contributed by atoms with van der Waals surface area (Å²) in [6.07, 6.45) is 0. The quantitative estimate of drug-likeness (QED) is 0.782. The second-order valence-corrected chi connectivity index (χ2v) is 9.56. The van der Waals surface area contributed by atoms with Crippen molar-refractivity contribution < 1.29 is 13.2 Å². The molecule has 1 aromatic carbocycles. The SMILES string of the molecule is Cc1csc(=Nc2ccc(S(=O)(=O)N3CCOCC3)cc2)n1CC(C)C. The number of thiazole rings is 1. The summed E-state index contributed by atoms with van der Waals surface area (Å²) >= 11 is 1.60. The lowest BCUT2D eigenvalue weighted by Gasteiger charge is -2.26. The largest absolute Gasteiger partial charge is 0.379 e.